The third kappa shape index (κ3) is 2.73. The van der Waals surface area contributed by atoms with Crippen LogP contribution in [0.25, 0.3) is 0 Å². The van der Waals surface area contributed by atoms with E-state index in [0.29, 0.717) is 13.2 Å². The van der Waals surface area contributed by atoms with Crippen LogP contribution in [0.1, 0.15) is 12.8 Å². The smallest absolute Gasteiger partial charge is 0.328 e. The fraction of sp³-hybridized carbons (Fsp3) is 0.818. The third-order valence-electron chi connectivity index (χ3n) is 3.43. The van der Waals surface area contributed by atoms with Crippen molar-refractivity contribution in [1.29, 1.82) is 0 Å². The van der Waals surface area contributed by atoms with Crippen molar-refractivity contribution in [2.24, 2.45) is 0 Å². The number of nitrogens with zero attached hydrogens (tertiary/aromatic N) is 1. The molecule has 0 aromatic carbocycles. The molecule has 0 bridgehead atoms. The summed E-state index contributed by atoms with van der Waals surface area (Å²) in [6, 6.07) is -1.14. The van der Waals surface area contributed by atoms with E-state index in [1.54, 1.807) is 7.11 Å². The van der Waals surface area contributed by atoms with E-state index in [0.717, 1.165) is 12.8 Å². The second-order valence-electron chi connectivity index (χ2n) is 4.60. The predicted molar refractivity (Wildman–Crippen MR) is 61.3 cm³/mol. The highest BCUT2D eigenvalue weighted by atomic mass is 16.5. The number of carbonyl (C=O) groups excluding carboxylic acids is 1. The minimum absolute atomic E-state index is 0.0497. The molecule has 0 aromatic rings. The number of urea groups is 1. The van der Waals surface area contributed by atoms with Crippen molar-refractivity contribution in [2.45, 2.75) is 31.0 Å². The molecule has 1 saturated carbocycles. The van der Waals surface area contributed by atoms with Crippen LogP contribution in [0.2, 0.25) is 0 Å². The van der Waals surface area contributed by atoms with Gasteiger partial charge in [-0.15, -0.1) is 0 Å². The highest BCUT2D eigenvalue weighted by Gasteiger charge is 2.36. The van der Waals surface area contributed by atoms with E-state index in [-0.39, 0.29) is 24.8 Å². The van der Waals surface area contributed by atoms with Crippen LogP contribution in [0.5, 0.6) is 0 Å². The summed E-state index contributed by atoms with van der Waals surface area (Å²) >= 11 is 0. The van der Waals surface area contributed by atoms with Gasteiger partial charge < -0.3 is 24.8 Å². The summed E-state index contributed by atoms with van der Waals surface area (Å²) in [6.07, 6.45) is 1.77. The molecule has 1 unspecified atom stereocenters. The number of amides is 2. The lowest BCUT2D eigenvalue weighted by atomic mass is 9.89. The number of nitrogens with one attached hydrogen (secondary N) is 1. The van der Waals surface area contributed by atoms with Crippen LogP contribution in [-0.4, -0.2) is 67.1 Å². The molecule has 0 spiro atoms. The molecule has 102 valence electrons. The molecular weight excluding hydrogens is 240 g/mol. The molecule has 2 amide bonds. The van der Waals surface area contributed by atoms with E-state index in [4.69, 9.17) is 14.6 Å². The zero-order chi connectivity index (χ0) is 13.1. The van der Waals surface area contributed by atoms with Gasteiger partial charge >= 0.3 is 12.0 Å². The number of methoxy groups -OCH3 is 1. The van der Waals surface area contributed by atoms with Gasteiger partial charge in [0, 0.05) is 19.7 Å². The maximum absolute atomic E-state index is 12.0. The summed E-state index contributed by atoms with van der Waals surface area (Å²) in [7, 11) is 1.64. The topological polar surface area (TPSA) is 88.1 Å². The van der Waals surface area contributed by atoms with Crippen LogP contribution in [0.15, 0.2) is 0 Å². The van der Waals surface area contributed by atoms with Crippen molar-refractivity contribution in [2.75, 3.05) is 26.9 Å². The van der Waals surface area contributed by atoms with Gasteiger partial charge in [0.05, 0.1) is 19.3 Å². The van der Waals surface area contributed by atoms with Gasteiger partial charge in [-0.1, -0.05) is 0 Å². The van der Waals surface area contributed by atoms with Gasteiger partial charge in [-0.2, -0.15) is 0 Å². The number of carbonyl (C=O) groups is 2. The Balaban J connectivity index is 1.85. The zero-order valence-electron chi connectivity index (χ0n) is 10.3. The molecule has 0 aromatic heterocycles. The van der Waals surface area contributed by atoms with Gasteiger partial charge in [-0.05, 0) is 12.8 Å². The Kier molecular flexibility index (Phi) is 4.03. The average molecular weight is 258 g/mol. The minimum atomic E-state index is -1.03. The Morgan fingerprint density at radius 1 is 1.44 bits per heavy atom. The normalized spacial score (nSPS) is 31.6. The molecule has 2 aliphatic rings. The molecule has 7 heteroatoms. The van der Waals surface area contributed by atoms with E-state index >= 15 is 0 Å². The van der Waals surface area contributed by atoms with Crippen molar-refractivity contribution in [1.82, 2.24) is 10.2 Å². The SMILES string of the molecule is COC1CC(NC(=O)N2CCOCC2C(=O)O)C1. The largest absolute Gasteiger partial charge is 0.480 e. The Bertz CT molecular complexity index is 329. The van der Waals surface area contributed by atoms with Crippen LogP contribution in [0.4, 0.5) is 4.79 Å². The first-order valence-corrected chi connectivity index (χ1v) is 6.02. The van der Waals surface area contributed by atoms with Crippen LogP contribution in [0.3, 0.4) is 0 Å². The van der Waals surface area contributed by atoms with E-state index in [2.05, 4.69) is 5.32 Å². The summed E-state index contributed by atoms with van der Waals surface area (Å²) in [6.45, 7) is 0.736. The Hall–Kier alpha value is -1.34. The van der Waals surface area contributed by atoms with Crippen molar-refractivity contribution >= 4 is 12.0 Å². The fourth-order valence-corrected chi connectivity index (χ4v) is 2.18. The van der Waals surface area contributed by atoms with Gasteiger partial charge in [-0.3, -0.25) is 0 Å². The maximum Gasteiger partial charge on any atom is 0.328 e. The van der Waals surface area contributed by atoms with Crippen molar-refractivity contribution in [3.63, 3.8) is 0 Å². The Labute approximate surface area is 105 Å². The number of carboxylic acids is 1. The van der Waals surface area contributed by atoms with Crippen LogP contribution in [-0.2, 0) is 14.3 Å². The molecule has 2 rings (SSSR count). The average Bonchev–Trinajstić information content (AvgIpc) is 2.32. The predicted octanol–water partition coefficient (Wildman–Crippen LogP) is -0.341. The highest BCUT2D eigenvalue weighted by molar-refractivity contribution is 5.83. The summed E-state index contributed by atoms with van der Waals surface area (Å²) < 4.78 is 10.2. The van der Waals surface area contributed by atoms with E-state index in [1.807, 2.05) is 0 Å². The van der Waals surface area contributed by atoms with Gasteiger partial charge in [0.1, 0.15) is 0 Å². The van der Waals surface area contributed by atoms with Crippen molar-refractivity contribution in [3.05, 3.63) is 0 Å². The lowest BCUT2D eigenvalue weighted by molar-refractivity contribution is -0.147. The standard InChI is InChI=1S/C11H18N2O5/c1-17-8-4-7(5-8)12-11(16)13-2-3-18-6-9(13)10(14)15/h7-9H,2-6H2,1H3,(H,12,16)(H,14,15). The molecule has 1 aliphatic heterocycles. The summed E-state index contributed by atoms with van der Waals surface area (Å²) in [5.74, 6) is -1.03. The monoisotopic (exact) mass is 258 g/mol. The molecule has 2 N–H and O–H groups in total. The summed E-state index contributed by atoms with van der Waals surface area (Å²) in [5.41, 5.74) is 0. The highest BCUT2D eigenvalue weighted by Crippen LogP contribution is 2.23. The van der Waals surface area contributed by atoms with E-state index < -0.39 is 12.0 Å². The molecule has 1 atom stereocenters. The first-order valence-electron chi connectivity index (χ1n) is 6.02. The van der Waals surface area contributed by atoms with Crippen LogP contribution < -0.4 is 5.32 Å². The number of ether oxygens (including phenoxy) is 2. The third-order valence-corrected chi connectivity index (χ3v) is 3.43. The molecule has 1 aliphatic carbocycles. The molecular formula is C11H18N2O5. The number of hydrogen-bond acceptors (Lipinski definition) is 4. The van der Waals surface area contributed by atoms with Crippen molar-refractivity contribution in [3.8, 4) is 0 Å². The molecule has 2 fully saturated rings. The molecule has 1 saturated heterocycles. The fourth-order valence-electron chi connectivity index (χ4n) is 2.18. The first kappa shape index (κ1) is 13.1. The Morgan fingerprint density at radius 3 is 2.78 bits per heavy atom. The first-order chi connectivity index (χ1) is 8.61. The van der Waals surface area contributed by atoms with Crippen molar-refractivity contribution < 1.29 is 24.2 Å². The lowest BCUT2D eigenvalue weighted by Crippen LogP contribution is -2.59. The number of aliphatic carboxylic acids is 1. The van der Waals surface area contributed by atoms with Crippen LogP contribution >= 0.6 is 0 Å². The second-order valence-corrected chi connectivity index (χ2v) is 4.60. The zero-order valence-corrected chi connectivity index (χ0v) is 10.3. The van der Waals surface area contributed by atoms with E-state index in [9.17, 15) is 9.59 Å². The lowest BCUT2D eigenvalue weighted by Gasteiger charge is -2.38. The maximum atomic E-state index is 12.0. The molecule has 0 radical (unpaired) electrons. The van der Waals surface area contributed by atoms with Gasteiger partial charge in [0.15, 0.2) is 6.04 Å². The number of carboxylic acid groups (broad SMARTS) is 1. The number of hydrogen-bond donors (Lipinski definition) is 2. The molecule has 1 heterocycles. The van der Waals surface area contributed by atoms with E-state index in [1.165, 1.54) is 4.90 Å². The number of morpholine rings is 1. The number of rotatable bonds is 3. The summed E-state index contributed by atoms with van der Waals surface area (Å²) in [5, 5.41) is 11.8. The summed E-state index contributed by atoms with van der Waals surface area (Å²) in [4.78, 5) is 24.3. The van der Waals surface area contributed by atoms with Crippen LogP contribution in [0, 0.1) is 0 Å². The molecule has 18 heavy (non-hydrogen) atoms. The van der Waals surface area contributed by atoms with Gasteiger partial charge in [0.2, 0.25) is 0 Å². The minimum Gasteiger partial charge on any atom is -0.480 e. The second kappa shape index (κ2) is 5.53. The van der Waals surface area contributed by atoms with Gasteiger partial charge in [0.25, 0.3) is 0 Å². The Morgan fingerprint density at radius 2 is 2.17 bits per heavy atom. The molecule has 7 nitrogen and oxygen atoms in total. The quantitative estimate of drug-likeness (QED) is 0.723. The van der Waals surface area contributed by atoms with Gasteiger partial charge in [-0.25, -0.2) is 9.59 Å².